The van der Waals surface area contributed by atoms with Gasteiger partial charge < -0.3 is 10.1 Å². The van der Waals surface area contributed by atoms with E-state index in [4.69, 9.17) is 27.9 Å². The van der Waals surface area contributed by atoms with Gasteiger partial charge in [-0.1, -0.05) is 23.2 Å². The Morgan fingerprint density at radius 1 is 0.762 bits per heavy atom. The van der Waals surface area contributed by atoms with Crippen molar-refractivity contribution in [3.8, 4) is 28.0 Å². The van der Waals surface area contributed by atoms with E-state index < -0.39 is 17.5 Å². The number of anilines is 2. The van der Waals surface area contributed by atoms with Crippen molar-refractivity contribution in [1.82, 2.24) is 19.6 Å². The van der Waals surface area contributed by atoms with Gasteiger partial charge in [0.15, 0.2) is 11.6 Å². The maximum atomic E-state index is 14.3. The summed E-state index contributed by atoms with van der Waals surface area (Å²) in [5.41, 5.74) is 3.75. The van der Waals surface area contributed by atoms with Gasteiger partial charge in [-0.05, 0) is 66.2 Å². The number of methoxy groups -OCH3 is 1. The molecule has 0 unspecified atom stereocenters. The zero-order valence-corrected chi connectivity index (χ0v) is 26.1. The molecule has 0 saturated carbocycles. The van der Waals surface area contributed by atoms with E-state index in [0.717, 1.165) is 33.6 Å². The Morgan fingerprint density at radius 3 is 1.69 bits per heavy atom. The van der Waals surface area contributed by atoms with Gasteiger partial charge in [-0.2, -0.15) is 10.2 Å². The van der Waals surface area contributed by atoms with Crippen molar-refractivity contribution in [2.45, 2.75) is 13.8 Å². The molecule has 220 valence electrons. The van der Waals surface area contributed by atoms with Gasteiger partial charge in [0.05, 0.1) is 28.5 Å². The molecule has 3 aromatic carbocycles. The first-order valence-electron chi connectivity index (χ1n) is 12.3. The molecule has 0 bridgehead atoms. The smallest absolute Gasteiger partial charge is 0.153 e. The molecule has 0 aliphatic heterocycles. The van der Waals surface area contributed by atoms with Gasteiger partial charge in [0.1, 0.15) is 33.5 Å². The van der Waals surface area contributed by atoms with Crippen LogP contribution in [0.5, 0.6) is 5.75 Å². The van der Waals surface area contributed by atoms with Crippen LogP contribution in [0.25, 0.3) is 22.3 Å². The van der Waals surface area contributed by atoms with Crippen LogP contribution in [-0.4, -0.2) is 26.7 Å². The molecule has 0 aliphatic rings. The lowest BCUT2D eigenvalue weighted by atomic mass is 10.1. The van der Waals surface area contributed by atoms with Crippen LogP contribution in [0.2, 0.25) is 10.0 Å². The monoisotopic (exact) mass is 683 g/mol. The zero-order chi connectivity index (χ0) is 30.9. The van der Waals surface area contributed by atoms with Crippen LogP contribution in [0.4, 0.5) is 29.1 Å². The summed E-state index contributed by atoms with van der Waals surface area (Å²) in [4.78, 5) is 0. The average Bonchev–Trinajstić information content (AvgIpc) is 3.33. The summed E-state index contributed by atoms with van der Waals surface area (Å²) in [5.74, 6) is -2.09. The molecule has 0 fully saturated rings. The molecule has 0 atom stereocenters. The number of rotatable bonds is 5. The normalized spacial score (nSPS) is 10.9. The fourth-order valence-electron chi connectivity index (χ4n) is 4.35. The van der Waals surface area contributed by atoms with E-state index in [9.17, 15) is 17.6 Å². The van der Waals surface area contributed by atoms with E-state index in [-0.39, 0.29) is 22.3 Å². The van der Waals surface area contributed by atoms with E-state index in [2.05, 4.69) is 31.4 Å². The van der Waals surface area contributed by atoms with E-state index in [1.807, 2.05) is 14.0 Å². The summed E-state index contributed by atoms with van der Waals surface area (Å²) < 4.78 is 63.7. The second kappa shape index (κ2) is 12.8. The van der Waals surface area contributed by atoms with Gasteiger partial charge in [-0.25, -0.2) is 17.6 Å². The third-order valence-electron chi connectivity index (χ3n) is 6.27. The highest BCUT2D eigenvalue weighted by atomic mass is 79.9. The minimum atomic E-state index is -0.822. The van der Waals surface area contributed by atoms with Crippen LogP contribution < -0.4 is 10.1 Å². The number of hydrogen-bond acceptors (Lipinski definition) is 4. The van der Waals surface area contributed by atoms with Gasteiger partial charge >= 0.3 is 0 Å². The second-order valence-corrected chi connectivity index (χ2v) is 10.7. The first-order chi connectivity index (χ1) is 19.8. The predicted octanol–water partition coefficient (Wildman–Crippen LogP) is 9.17. The van der Waals surface area contributed by atoms with Crippen molar-refractivity contribution in [2.75, 3.05) is 12.4 Å². The first kappa shape index (κ1) is 31.4. The molecular weight excluding hydrogens is 661 g/mol. The number of aryl methyl sites for hydroxylation is 4. The predicted molar refractivity (Wildman–Crippen MR) is 161 cm³/mol. The van der Waals surface area contributed by atoms with Gasteiger partial charge in [0.25, 0.3) is 0 Å². The summed E-state index contributed by atoms with van der Waals surface area (Å²) in [6.45, 7) is 3.61. The van der Waals surface area contributed by atoms with Crippen LogP contribution in [0.1, 0.15) is 11.4 Å². The molecular formula is C29H24BrCl2F4N5O. The summed E-state index contributed by atoms with van der Waals surface area (Å²) >= 11 is 15.6. The molecule has 0 saturated heterocycles. The number of hydrogen-bond donors (Lipinski definition) is 1. The van der Waals surface area contributed by atoms with Gasteiger partial charge in [-0.15, -0.1) is 0 Å². The Hall–Kier alpha value is -3.54. The standard InChI is InChI=1S/C18H15ClF3N3O.C11H9BrClFN2/c1-9-16(12-5-4-10(20)6-13(12)19)18(25(2)24-9)23-17-14(21)7-11(26-3)8-15(17)22;1-6-10(11(12)16(2)15-6)8-4-3-7(14)5-9(8)13/h4-8,23H,1-3H3;3-5H,1-2H3. The Bertz CT molecular complexity index is 1770. The number of ether oxygens (including phenoxy) is 1. The van der Waals surface area contributed by atoms with E-state index in [0.29, 0.717) is 27.7 Å². The van der Waals surface area contributed by atoms with Gasteiger partial charge in [-0.3, -0.25) is 9.36 Å². The highest BCUT2D eigenvalue weighted by molar-refractivity contribution is 9.10. The topological polar surface area (TPSA) is 56.9 Å². The molecule has 0 spiro atoms. The minimum Gasteiger partial charge on any atom is -0.497 e. The lowest BCUT2D eigenvalue weighted by Gasteiger charge is -2.13. The maximum absolute atomic E-state index is 14.3. The van der Waals surface area contributed by atoms with E-state index >= 15 is 0 Å². The molecule has 0 radical (unpaired) electrons. The van der Waals surface area contributed by atoms with Crippen molar-refractivity contribution in [1.29, 1.82) is 0 Å². The molecule has 0 amide bonds. The Labute approximate surface area is 258 Å². The van der Waals surface area contributed by atoms with E-state index in [1.54, 1.807) is 24.7 Å². The third-order valence-corrected chi connectivity index (χ3v) is 7.81. The number of halogens is 7. The fourth-order valence-corrected chi connectivity index (χ4v) is 5.45. The summed E-state index contributed by atoms with van der Waals surface area (Å²) in [5, 5.41) is 11.8. The summed E-state index contributed by atoms with van der Waals surface area (Å²) in [6, 6.07) is 10.4. The number of nitrogens with zero attached hydrogens (tertiary/aromatic N) is 4. The van der Waals surface area contributed by atoms with Crippen LogP contribution in [0.15, 0.2) is 53.1 Å². The average molecular weight is 685 g/mol. The fraction of sp³-hybridized carbons (Fsp3) is 0.172. The zero-order valence-electron chi connectivity index (χ0n) is 23.0. The van der Waals surface area contributed by atoms with Gasteiger partial charge in [0.2, 0.25) is 0 Å². The van der Waals surface area contributed by atoms with Crippen LogP contribution in [0.3, 0.4) is 0 Å². The molecule has 42 heavy (non-hydrogen) atoms. The molecule has 5 rings (SSSR count). The first-order valence-corrected chi connectivity index (χ1v) is 13.8. The molecule has 13 heteroatoms. The highest BCUT2D eigenvalue weighted by Gasteiger charge is 2.21. The largest absolute Gasteiger partial charge is 0.497 e. The van der Waals surface area contributed by atoms with Crippen molar-refractivity contribution in [3.05, 3.63) is 97.8 Å². The van der Waals surface area contributed by atoms with Crippen molar-refractivity contribution in [2.24, 2.45) is 14.1 Å². The third kappa shape index (κ3) is 6.43. The minimum absolute atomic E-state index is 0.0635. The Morgan fingerprint density at radius 2 is 1.24 bits per heavy atom. The highest BCUT2D eigenvalue weighted by Crippen LogP contribution is 2.39. The van der Waals surface area contributed by atoms with Crippen LogP contribution >= 0.6 is 39.1 Å². The summed E-state index contributed by atoms with van der Waals surface area (Å²) in [6.07, 6.45) is 0. The lowest BCUT2D eigenvalue weighted by molar-refractivity contribution is 0.407. The molecule has 2 aromatic heterocycles. The Kier molecular flexibility index (Phi) is 9.54. The van der Waals surface area contributed by atoms with Crippen molar-refractivity contribution in [3.63, 3.8) is 0 Å². The van der Waals surface area contributed by atoms with Gasteiger partial charge in [0, 0.05) is 48.5 Å². The molecule has 1 N–H and O–H groups in total. The number of nitrogens with one attached hydrogen (secondary N) is 1. The molecule has 2 heterocycles. The number of aromatic nitrogens is 4. The van der Waals surface area contributed by atoms with Crippen LogP contribution in [0, 0.1) is 37.1 Å². The SMILES string of the molecule is COc1cc(F)c(Nc2c(-c3ccc(F)cc3Cl)c(C)nn2C)c(F)c1.Cc1nn(C)c(Br)c1-c1ccc(F)cc1Cl. The van der Waals surface area contributed by atoms with Crippen LogP contribution in [-0.2, 0) is 14.1 Å². The van der Waals surface area contributed by atoms with E-state index in [1.165, 1.54) is 42.1 Å². The van der Waals surface area contributed by atoms with Crippen molar-refractivity contribution >= 4 is 50.6 Å². The van der Waals surface area contributed by atoms with Crippen molar-refractivity contribution < 1.29 is 22.3 Å². The second-order valence-electron chi connectivity index (χ2n) is 9.15. The molecule has 0 aliphatic carbocycles. The Balaban J connectivity index is 0.000000216. The molecule has 5 aromatic rings. The number of benzene rings is 3. The summed E-state index contributed by atoms with van der Waals surface area (Å²) in [7, 11) is 4.77. The molecule has 6 nitrogen and oxygen atoms in total. The quantitative estimate of drug-likeness (QED) is 0.188. The maximum Gasteiger partial charge on any atom is 0.153 e. The lowest BCUT2D eigenvalue weighted by Crippen LogP contribution is -2.04.